The molecule has 0 heterocycles. The average Bonchev–Trinajstić information content (AvgIpc) is 2.48. The van der Waals surface area contributed by atoms with Gasteiger partial charge in [-0.05, 0) is 30.2 Å². The van der Waals surface area contributed by atoms with Crippen molar-refractivity contribution in [2.45, 2.75) is 13.5 Å². The summed E-state index contributed by atoms with van der Waals surface area (Å²) in [4.78, 5) is 0. The van der Waals surface area contributed by atoms with Gasteiger partial charge in [-0.1, -0.05) is 58.4 Å². The normalized spacial score (nSPS) is 11.5. The number of hydrogen-bond donors (Lipinski definition) is 1. The van der Waals surface area contributed by atoms with E-state index in [4.69, 9.17) is 0 Å². The Morgan fingerprint density at radius 3 is 2.57 bits per heavy atom. The Morgan fingerprint density at radius 1 is 1.14 bits per heavy atom. The molecule has 0 fully saturated rings. The number of rotatable bonds is 6. The van der Waals surface area contributed by atoms with Crippen molar-refractivity contribution in [3.8, 4) is 0 Å². The molecule has 110 valence electrons. The highest BCUT2D eigenvalue weighted by Crippen LogP contribution is 2.13. The van der Waals surface area contributed by atoms with Crippen molar-refractivity contribution in [1.29, 1.82) is 0 Å². The van der Waals surface area contributed by atoms with E-state index in [0.717, 1.165) is 15.7 Å². The number of hydrazone groups is 1. The predicted molar refractivity (Wildman–Crippen MR) is 90.3 cm³/mol. The van der Waals surface area contributed by atoms with E-state index in [1.807, 2.05) is 54.4 Å². The highest BCUT2D eigenvalue weighted by atomic mass is 79.9. The summed E-state index contributed by atoms with van der Waals surface area (Å²) in [5.74, 6) is 0. The fraction of sp³-hybridized carbons (Fsp3) is 0.235. The molecule has 0 saturated heterocycles. The topological polar surface area (TPSA) is 35.8 Å². The van der Waals surface area contributed by atoms with E-state index in [1.165, 1.54) is 5.56 Å². The van der Waals surface area contributed by atoms with Crippen molar-refractivity contribution in [2.75, 3.05) is 13.2 Å². The van der Waals surface area contributed by atoms with Crippen molar-refractivity contribution >= 4 is 21.6 Å². The van der Waals surface area contributed by atoms with Gasteiger partial charge in [0.1, 0.15) is 0 Å². The molecule has 2 aromatic carbocycles. The van der Waals surface area contributed by atoms with Crippen molar-refractivity contribution in [3.05, 3.63) is 70.2 Å². The summed E-state index contributed by atoms with van der Waals surface area (Å²) in [6.07, 6.45) is 0. The van der Waals surface area contributed by atoms with Crippen LogP contribution in [0.25, 0.3) is 0 Å². The van der Waals surface area contributed by atoms with Crippen LogP contribution in [-0.2, 0) is 6.54 Å². The van der Waals surface area contributed by atoms with Crippen LogP contribution in [0.4, 0.5) is 0 Å². The summed E-state index contributed by atoms with van der Waals surface area (Å²) < 4.78 is 1.03. The second kappa shape index (κ2) is 7.96. The molecule has 0 aromatic heterocycles. The lowest BCUT2D eigenvalue weighted by atomic mass is 10.1. The Kier molecular flexibility index (Phi) is 5.96. The maximum atomic E-state index is 9.22. The molecule has 2 rings (SSSR count). The van der Waals surface area contributed by atoms with E-state index in [0.29, 0.717) is 13.1 Å². The van der Waals surface area contributed by atoms with Crippen molar-refractivity contribution < 1.29 is 5.11 Å². The number of aliphatic hydroxyl groups is 1. The number of hydrogen-bond acceptors (Lipinski definition) is 3. The third-order valence-electron chi connectivity index (χ3n) is 3.10. The first-order valence-corrected chi connectivity index (χ1v) is 7.69. The smallest absolute Gasteiger partial charge is 0.0647 e. The Morgan fingerprint density at radius 2 is 1.90 bits per heavy atom. The van der Waals surface area contributed by atoms with E-state index in [9.17, 15) is 5.11 Å². The van der Waals surface area contributed by atoms with Gasteiger partial charge in [-0.3, -0.25) is 5.01 Å². The quantitative estimate of drug-likeness (QED) is 0.639. The minimum atomic E-state index is 0.0854. The van der Waals surface area contributed by atoms with E-state index in [1.54, 1.807) is 0 Å². The second-order valence-corrected chi connectivity index (χ2v) is 5.71. The number of aliphatic hydroxyl groups excluding tert-OH is 1. The van der Waals surface area contributed by atoms with Crippen LogP contribution < -0.4 is 0 Å². The Bertz CT molecular complexity index is 599. The zero-order valence-electron chi connectivity index (χ0n) is 12.0. The van der Waals surface area contributed by atoms with Crippen molar-refractivity contribution in [2.24, 2.45) is 5.10 Å². The lowest BCUT2D eigenvalue weighted by Crippen LogP contribution is -2.22. The molecule has 0 bridgehead atoms. The molecule has 1 N–H and O–H groups in total. The van der Waals surface area contributed by atoms with Gasteiger partial charge in [0.05, 0.1) is 25.4 Å². The van der Waals surface area contributed by atoms with Gasteiger partial charge < -0.3 is 5.11 Å². The predicted octanol–water partition coefficient (Wildman–Crippen LogP) is 3.67. The van der Waals surface area contributed by atoms with E-state index >= 15 is 0 Å². The first-order valence-electron chi connectivity index (χ1n) is 6.90. The molecule has 0 radical (unpaired) electrons. The maximum absolute atomic E-state index is 9.22. The van der Waals surface area contributed by atoms with Gasteiger partial charge in [-0.25, -0.2) is 0 Å². The summed E-state index contributed by atoms with van der Waals surface area (Å²) in [5, 5.41) is 15.8. The lowest BCUT2D eigenvalue weighted by molar-refractivity contribution is 0.196. The van der Waals surface area contributed by atoms with Crippen LogP contribution in [0.15, 0.2) is 64.2 Å². The molecular weight excluding hydrogens is 328 g/mol. The average molecular weight is 347 g/mol. The third-order valence-corrected chi connectivity index (χ3v) is 3.59. The lowest BCUT2D eigenvalue weighted by Gasteiger charge is -2.19. The minimum absolute atomic E-state index is 0.0854. The van der Waals surface area contributed by atoms with Gasteiger partial charge in [0, 0.05) is 4.47 Å². The van der Waals surface area contributed by atoms with Crippen LogP contribution in [0.5, 0.6) is 0 Å². The summed E-state index contributed by atoms with van der Waals surface area (Å²) in [5.41, 5.74) is 3.18. The molecule has 4 heteroatoms. The molecule has 0 spiro atoms. The van der Waals surface area contributed by atoms with Crippen molar-refractivity contribution in [1.82, 2.24) is 5.01 Å². The SMILES string of the molecule is C/C(=N/N(CCO)Cc1ccccc1)c1cccc(Br)c1. The largest absolute Gasteiger partial charge is 0.394 e. The highest BCUT2D eigenvalue weighted by Gasteiger charge is 2.05. The summed E-state index contributed by atoms with van der Waals surface area (Å²) in [6, 6.07) is 18.2. The number of benzene rings is 2. The van der Waals surface area contributed by atoms with Crippen LogP contribution in [0.1, 0.15) is 18.1 Å². The van der Waals surface area contributed by atoms with Gasteiger partial charge in [-0.2, -0.15) is 5.10 Å². The summed E-state index contributed by atoms with van der Waals surface area (Å²) in [6.45, 7) is 3.27. The van der Waals surface area contributed by atoms with E-state index in [2.05, 4.69) is 33.2 Å². The highest BCUT2D eigenvalue weighted by molar-refractivity contribution is 9.10. The Balaban J connectivity index is 2.16. The fourth-order valence-corrected chi connectivity index (χ4v) is 2.46. The number of nitrogens with zero attached hydrogens (tertiary/aromatic N) is 2. The molecule has 0 amide bonds. The molecule has 0 aliphatic carbocycles. The van der Waals surface area contributed by atoms with E-state index < -0.39 is 0 Å². The zero-order chi connectivity index (χ0) is 15.1. The standard InChI is InChI=1S/C17H19BrN2O/c1-14(16-8-5-9-17(18)12-16)19-20(10-11-21)13-15-6-3-2-4-7-15/h2-9,12,21H,10-11,13H2,1H3/b19-14-. The maximum Gasteiger partial charge on any atom is 0.0647 e. The van der Waals surface area contributed by atoms with Crippen LogP contribution in [0, 0.1) is 0 Å². The summed E-state index contributed by atoms with van der Waals surface area (Å²) >= 11 is 3.47. The van der Waals surface area contributed by atoms with Crippen LogP contribution in [0.2, 0.25) is 0 Å². The van der Waals surface area contributed by atoms with Gasteiger partial charge in [0.15, 0.2) is 0 Å². The minimum Gasteiger partial charge on any atom is -0.394 e. The van der Waals surface area contributed by atoms with E-state index in [-0.39, 0.29) is 6.61 Å². The molecule has 3 nitrogen and oxygen atoms in total. The Hall–Kier alpha value is -1.65. The molecule has 0 aliphatic heterocycles. The van der Waals surface area contributed by atoms with Gasteiger partial charge in [0.25, 0.3) is 0 Å². The second-order valence-electron chi connectivity index (χ2n) is 4.79. The van der Waals surface area contributed by atoms with Crippen LogP contribution in [-0.4, -0.2) is 29.0 Å². The zero-order valence-corrected chi connectivity index (χ0v) is 13.6. The molecule has 21 heavy (non-hydrogen) atoms. The Labute approximate surface area is 134 Å². The molecule has 0 atom stereocenters. The van der Waals surface area contributed by atoms with Crippen LogP contribution >= 0.6 is 15.9 Å². The molecule has 0 unspecified atom stereocenters. The molecule has 2 aromatic rings. The number of halogens is 1. The van der Waals surface area contributed by atoms with Gasteiger partial charge >= 0.3 is 0 Å². The van der Waals surface area contributed by atoms with Crippen molar-refractivity contribution in [3.63, 3.8) is 0 Å². The fourth-order valence-electron chi connectivity index (χ4n) is 2.06. The first-order chi connectivity index (χ1) is 10.2. The van der Waals surface area contributed by atoms with Gasteiger partial charge in [0.2, 0.25) is 0 Å². The molecular formula is C17H19BrN2O. The van der Waals surface area contributed by atoms with Gasteiger partial charge in [-0.15, -0.1) is 0 Å². The molecule has 0 saturated carbocycles. The first kappa shape index (κ1) is 15.7. The molecule has 0 aliphatic rings. The van der Waals surface area contributed by atoms with Crippen LogP contribution in [0.3, 0.4) is 0 Å². The third kappa shape index (κ3) is 4.99. The monoisotopic (exact) mass is 346 g/mol. The summed E-state index contributed by atoms with van der Waals surface area (Å²) in [7, 11) is 0.